The van der Waals surface area contributed by atoms with E-state index in [0.29, 0.717) is 29.0 Å². The number of carboxylic acid groups (broad SMARTS) is 1. The predicted molar refractivity (Wildman–Crippen MR) is 162 cm³/mol. The van der Waals surface area contributed by atoms with Crippen LogP contribution in [0, 0.1) is 5.41 Å². The number of thiophene rings is 1. The number of methoxy groups -OCH3 is 1. The zero-order valence-corrected chi connectivity index (χ0v) is 25.8. The number of amides is 3. The summed E-state index contributed by atoms with van der Waals surface area (Å²) in [5.74, 6) is -1.95. The van der Waals surface area contributed by atoms with E-state index in [9.17, 15) is 32.7 Å². The smallest absolute Gasteiger partial charge is 0.497 e. The number of anilines is 2. The molecule has 4 rings (SSSR count). The highest BCUT2D eigenvalue weighted by Gasteiger charge is 2.41. The molecule has 0 unspecified atom stereocenters. The van der Waals surface area contributed by atoms with Crippen molar-refractivity contribution < 1.29 is 42.1 Å². The number of hydrogen-bond acceptors (Lipinski definition) is 6. The Morgan fingerprint density at radius 2 is 1.59 bits per heavy atom. The fourth-order valence-electron chi connectivity index (χ4n) is 5.05. The van der Waals surface area contributed by atoms with Crippen LogP contribution in [0.3, 0.4) is 0 Å². The number of alkyl halides is 3. The maximum Gasteiger partial charge on any atom is 0.573 e. The molecule has 0 saturated heterocycles. The summed E-state index contributed by atoms with van der Waals surface area (Å²) in [5, 5.41) is 17.0. The van der Waals surface area contributed by atoms with Crippen LogP contribution in [0.2, 0.25) is 10.0 Å². The van der Waals surface area contributed by atoms with Crippen LogP contribution in [0.25, 0.3) is 10.4 Å². The van der Waals surface area contributed by atoms with Gasteiger partial charge in [0.25, 0.3) is 5.91 Å². The molecule has 2 aromatic carbocycles. The standard InChI is InChI=1S/C29H28Cl2F3N3O6S/c1-28(10-4-3-5-11-28)23(26(39)40)36-24(38)18-14-21(15-6-8-16(42-2)9-7-15)44-25(18)37-27(41)35-22-19(30)12-17(13-20(22)31)43-29(32,33)34/h6-9,12-14,23H,3-5,10-11H2,1-2H3,(H,36,38)(H,39,40)(H2,35,37,41)/t23-/m1/s1. The summed E-state index contributed by atoms with van der Waals surface area (Å²) in [6, 6.07) is 8.06. The third-order valence-electron chi connectivity index (χ3n) is 7.28. The van der Waals surface area contributed by atoms with Crippen LogP contribution in [0.4, 0.5) is 28.7 Å². The van der Waals surface area contributed by atoms with Gasteiger partial charge in [-0.25, -0.2) is 9.59 Å². The topological polar surface area (TPSA) is 126 Å². The van der Waals surface area contributed by atoms with E-state index in [0.717, 1.165) is 42.7 Å². The normalized spacial score (nSPS) is 15.2. The van der Waals surface area contributed by atoms with Gasteiger partial charge in [-0.1, -0.05) is 49.4 Å². The van der Waals surface area contributed by atoms with E-state index < -0.39 is 41.5 Å². The Labute approximate surface area is 264 Å². The van der Waals surface area contributed by atoms with Crippen LogP contribution >= 0.6 is 34.5 Å². The summed E-state index contributed by atoms with van der Waals surface area (Å²) in [7, 11) is 1.52. The van der Waals surface area contributed by atoms with E-state index in [1.54, 1.807) is 24.3 Å². The minimum atomic E-state index is -4.98. The molecule has 44 heavy (non-hydrogen) atoms. The van der Waals surface area contributed by atoms with Gasteiger partial charge < -0.3 is 25.2 Å². The molecule has 1 aliphatic carbocycles. The number of benzene rings is 2. The van der Waals surface area contributed by atoms with E-state index in [2.05, 4.69) is 20.7 Å². The second kappa shape index (κ2) is 13.5. The highest BCUT2D eigenvalue weighted by atomic mass is 35.5. The Kier molecular flexibility index (Phi) is 10.2. The first-order valence-corrected chi connectivity index (χ1v) is 14.9. The van der Waals surface area contributed by atoms with Crippen molar-refractivity contribution in [2.75, 3.05) is 17.7 Å². The van der Waals surface area contributed by atoms with Crippen LogP contribution in [0.5, 0.6) is 11.5 Å². The Balaban J connectivity index is 1.63. The van der Waals surface area contributed by atoms with Crippen molar-refractivity contribution in [1.29, 1.82) is 0 Å². The first-order chi connectivity index (χ1) is 20.7. The number of carboxylic acids is 1. The molecule has 236 valence electrons. The molecule has 3 amide bonds. The van der Waals surface area contributed by atoms with E-state index in [4.69, 9.17) is 27.9 Å². The number of nitrogens with one attached hydrogen (secondary N) is 3. The predicted octanol–water partition coefficient (Wildman–Crippen LogP) is 8.43. The van der Waals surface area contributed by atoms with Crippen molar-refractivity contribution in [3.8, 4) is 21.9 Å². The molecular formula is C29H28Cl2F3N3O6S. The number of carbonyl (C=O) groups excluding carboxylic acids is 2. The zero-order valence-electron chi connectivity index (χ0n) is 23.4. The van der Waals surface area contributed by atoms with Crippen molar-refractivity contribution in [2.45, 2.75) is 51.4 Å². The number of hydrogen-bond donors (Lipinski definition) is 4. The Morgan fingerprint density at radius 3 is 2.14 bits per heavy atom. The summed E-state index contributed by atoms with van der Waals surface area (Å²) in [4.78, 5) is 39.5. The van der Waals surface area contributed by atoms with Crippen LogP contribution in [0.15, 0.2) is 42.5 Å². The summed E-state index contributed by atoms with van der Waals surface area (Å²) >= 11 is 13.2. The highest BCUT2D eigenvalue weighted by Crippen LogP contribution is 2.41. The van der Waals surface area contributed by atoms with Gasteiger partial charge in [0.1, 0.15) is 22.5 Å². The van der Waals surface area contributed by atoms with Gasteiger partial charge in [0.2, 0.25) is 0 Å². The molecular weight excluding hydrogens is 646 g/mol. The largest absolute Gasteiger partial charge is 0.573 e. The molecule has 1 fully saturated rings. The van der Waals surface area contributed by atoms with Crippen LogP contribution in [0.1, 0.15) is 49.4 Å². The first-order valence-electron chi connectivity index (χ1n) is 13.3. The second-order valence-corrected chi connectivity index (χ2v) is 12.3. The fourth-order valence-corrected chi connectivity index (χ4v) is 6.67. The van der Waals surface area contributed by atoms with E-state index in [1.165, 1.54) is 13.2 Å². The lowest BCUT2D eigenvalue weighted by Gasteiger charge is -2.38. The molecule has 0 spiro atoms. The third-order valence-corrected chi connectivity index (χ3v) is 8.98. The lowest BCUT2D eigenvalue weighted by molar-refractivity contribution is -0.274. The summed E-state index contributed by atoms with van der Waals surface area (Å²) in [6.07, 6.45) is -1.04. The summed E-state index contributed by atoms with van der Waals surface area (Å²) < 4.78 is 46.9. The monoisotopic (exact) mass is 673 g/mol. The number of urea groups is 1. The van der Waals surface area contributed by atoms with Gasteiger partial charge in [0.05, 0.1) is 28.4 Å². The van der Waals surface area contributed by atoms with Crippen molar-refractivity contribution in [1.82, 2.24) is 5.32 Å². The highest BCUT2D eigenvalue weighted by molar-refractivity contribution is 7.20. The molecule has 0 aliphatic heterocycles. The molecule has 3 aromatic rings. The number of halogens is 5. The number of rotatable bonds is 9. The Morgan fingerprint density at radius 1 is 0.977 bits per heavy atom. The minimum absolute atomic E-state index is 0.00717. The molecule has 1 heterocycles. The fraction of sp³-hybridized carbons (Fsp3) is 0.345. The Hall–Kier alpha value is -3.68. The van der Waals surface area contributed by atoms with Crippen LogP contribution in [-0.4, -0.2) is 42.5 Å². The van der Waals surface area contributed by atoms with Gasteiger partial charge in [-0.05, 0) is 54.2 Å². The van der Waals surface area contributed by atoms with Gasteiger partial charge >= 0.3 is 18.4 Å². The lowest BCUT2D eigenvalue weighted by atomic mass is 9.70. The number of carbonyl (C=O) groups is 3. The van der Waals surface area contributed by atoms with Crippen molar-refractivity contribution in [3.05, 3.63) is 58.1 Å². The van der Waals surface area contributed by atoms with E-state index >= 15 is 0 Å². The minimum Gasteiger partial charge on any atom is -0.497 e. The first kappa shape index (κ1) is 33.2. The quantitative estimate of drug-likeness (QED) is 0.181. The molecule has 1 aliphatic rings. The van der Waals surface area contributed by atoms with Crippen LogP contribution in [-0.2, 0) is 4.79 Å². The number of ether oxygens (including phenoxy) is 2. The summed E-state index contributed by atoms with van der Waals surface area (Å²) in [5.41, 5.74) is -0.157. The van der Waals surface area contributed by atoms with Crippen molar-refractivity contribution >= 4 is 63.1 Å². The van der Waals surface area contributed by atoms with Crippen molar-refractivity contribution in [3.63, 3.8) is 0 Å². The SMILES string of the molecule is COc1ccc(-c2cc(C(=O)N[C@H](C(=O)O)C3(C)CCCCC3)c(NC(=O)Nc3c(Cl)cc(OC(F)(F)F)cc3Cl)s2)cc1. The van der Waals surface area contributed by atoms with Gasteiger partial charge in [0.15, 0.2) is 0 Å². The average Bonchev–Trinajstić information content (AvgIpc) is 3.36. The third kappa shape index (κ3) is 8.07. The molecule has 1 aromatic heterocycles. The summed E-state index contributed by atoms with van der Waals surface area (Å²) in [6.45, 7) is 1.84. The molecule has 15 heteroatoms. The van der Waals surface area contributed by atoms with E-state index in [-0.39, 0.29) is 26.3 Å². The lowest BCUT2D eigenvalue weighted by Crippen LogP contribution is -2.52. The van der Waals surface area contributed by atoms with Crippen LogP contribution < -0.4 is 25.4 Å². The molecule has 9 nitrogen and oxygen atoms in total. The van der Waals surface area contributed by atoms with Crippen molar-refractivity contribution in [2.24, 2.45) is 5.41 Å². The molecule has 1 atom stereocenters. The maximum absolute atomic E-state index is 13.6. The van der Waals surface area contributed by atoms with Gasteiger partial charge in [-0.3, -0.25) is 10.1 Å². The maximum atomic E-state index is 13.6. The second-order valence-electron chi connectivity index (χ2n) is 10.4. The van der Waals surface area contributed by atoms with Gasteiger partial charge in [-0.2, -0.15) is 0 Å². The molecule has 1 saturated carbocycles. The number of aliphatic carboxylic acids is 1. The van der Waals surface area contributed by atoms with Gasteiger partial charge in [-0.15, -0.1) is 24.5 Å². The van der Waals surface area contributed by atoms with Gasteiger partial charge in [0, 0.05) is 17.0 Å². The van der Waals surface area contributed by atoms with E-state index in [1.807, 2.05) is 6.92 Å². The zero-order chi connectivity index (χ0) is 32.2. The average molecular weight is 675 g/mol. The molecule has 0 bridgehead atoms. The molecule has 4 N–H and O–H groups in total. The molecule has 0 radical (unpaired) electrons. The Bertz CT molecular complexity index is 1520.